The Morgan fingerprint density at radius 1 is 1.13 bits per heavy atom. The molecule has 82 valence electrons. The van der Waals surface area contributed by atoms with Crippen LogP contribution in [0.2, 0.25) is 5.02 Å². The summed E-state index contributed by atoms with van der Waals surface area (Å²) in [4.78, 5) is 0. The molecular formula is C11H12ClF2N. The van der Waals surface area contributed by atoms with Crippen LogP contribution in [0.3, 0.4) is 0 Å². The van der Waals surface area contributed by atoms with Gasteiger partial charge in [0.2, 0.25) is 0 Å². The van der Waals surface area contributed by atoms with Crippen molar-refractivity contribution in [3.8, 4) is 0 Å². The van der Waals surface area contributed by atoms with E-state index in [4.69, 9.17) is 17.3 Å². The van der Waals surface area contributed by atoms with Crippen LogP contribution in [0.1, 0.15) is 31.2 Å². The van der Waals surface area contributed by atoms with Gasteiger partial charge in [-0.2, -0.15) is 0 Å². The lowest BCUT2D eigenvalue weighted by atomic mass is 9.89. The van der Waals surface area contributed by atoms with Crippen molar-refractivity contribution in [3.05, 3.63) is 34.4 Å². The average molecular weight is 232 g/mol. The van der Waals surface area contributed by atoms with Gasteiger partial charge < -0.3 is 5.73 Å². The van der Waals surface area contributed by atoms with Gasteiger partial charge in [-0.15, -0.1) is 0 Å². The monoisotopic (exact) mass is 231 g/mol. The highest BCUT2D eigenvalue weighted by atomic mass is 35.5. The van der Waals surface area contributed by atoms with Gasteiger partial charge in [0.05, 0.1) is 5.02 Å². The van der Waals surface area contributed by atoms with Crippen LogP contribution in [0.5, 0.6) is 0 Å². The number of nitrogens with two attached hydrogens (primary N) is 1. The highest BCUT2D eigenvalue weighted by molar-refractivity contribution is 6.30. The highest BCUT2D eigenvalue weighted by Crippen LogP contribution is 2.38. The first-order valence-corrected chi connectivity index (χ1v) is 5.35. The standard InChI is InChI=1S/C11H12ClF2N/c12-8-6-9(13)7(5-10(8)14)11(15)3-1-2-4-11/h5-6H,1-4,15H2. The Labute approximate surface area is 92.2 Å². The first-order valence-electron chi connectivity index (χ1n) is 4.97. The lowest BCUT2D eigenvalue weighted by Crippen LogP contribution is -2.34. The summed E-state index contributed by atoms with van der Waals surface area (Å²) in [7, 11) is 0. The topological polar surface area (TPSA) is 26.0 Å². The van der Waals surface area contributed by atoms with E-state index in [0.717, 1.165) is 25.0 Å². The van der Waals surface area contributed by atoms with Gasteiger partial charge in [0, 0.05) is 11.1 Å². The van der Waals surface area contributed by atoms with Crippen molar-refractivity contribution in [1.82, 2.24) is 0 Å². The molecule has 0 amide bonds. The third-order valence-corrected chi connectivity index (χ3v) is 3.33. The highest BCUT2D eigenvalue weighted by Gasteiger charge is 2.34. The molecule has 1 aliphatic carbocycles. The summed E-state index contributed by atoms with van der Waals surface area (Å²) in [6.07, 6.45) is 3.32. The van der Waals surface area contributed by atoms with Gasteiger partial charge in [-0.3, -0.25) is 0 Å². The van der Waals surface area contributed by atoms with Crippen LogP contribution in [0.4, 0.5) is 8.78 Å². The molecule has 1 aromatic rings. The molecule has 2 N–H and O–H groups in total. The van der Waals surface area contributed by atoms with Crippen molar-refractivity contribution in [3.63, 3.8) is 0 Å². The van der Waals surface area contributed by atoms with E-state index < -0.39 is 17.2 Å². The summed E-state index contributed by atoms with van der Waals surface area (Å²) in [5, 5.41) is -0.196. The van der Waals surface area contributed by atoms with Gasteiger partial charge >= 0.3 is 0 Å². The minimum Gasteiger partial charge on any atom is -0.321 e. The van der Waals surface area contributed by atoms with Crippen molar-refractivity contribution in [2.24, 2.45) is 5.73 Å². The summed E-state index contributed by atoms with van der Waals surface area (Å²) >= 11 is 5.48. The van der Waals surface area contributed by atoms with E-state index in [0.29, 0.717) is 12.8 Å². The molecule has 15 heavy (non-hydrogen) atoms. The molecule has 0 unspecified atom stereocenters. The summed E-state index contributed by atoms with van der Waals surface area (Å²) < 4.78 is 26.8. The predicted octanol–water partition coefficient (Wildman–Crippen LogP) is 3.35. The molecule has 0 heterocycles. The molecule has 1 saturated carbocycles. The first kappa shape index (κ1) is 10.8. The molecule has 1 fully saturated rings. The quantitative estimate of drug-likeness (QED) is 0.737. The van der Waals surface area contributed by atoms with E-state index in [-0.39, 0.29) is 10.6 Å². The molecule has 0 spiro atoms. The van der Waals surface area contributed by atoms with Crippen molar-refractivity contribution in [1.29, 1.82) is 0 Å². The van der Waals surface area contributed by atoms with E-state index >= 15 is 0 Å². The zero-order chi connectivity index (χ0) is 11.1. The van der Waals surface area contributed by atoms with Gasteiger partial charge in [0.25, 0.3) is 0 Å². The molecule has 0 aromatic heterocycles. The van der Waals surface area contributed by atoms with Crippen molar-refractivity contribution < 1.29 is 8.78 Å². The van der Waals surface area contributed by atoms with Gasteiger partial charge in [-0.25, -0.2) is 8.78 Å². The van der Waals surface area contributed by atoms with E-state index in [1.54, 1.807) is 0 Å². The Kier molecular flexibility index (Phi) is 2.69. The van der Waals surface area contributed by atoms with Crippen molar-refractivity contribution in [2.45, 2.75) is 31.2 Å². The van der Waals surface area contributed by atoms with Crippen LogP contribution in [0.25, 0.3) is 0 Å². The number of benzene rings is 1. The van der Waals surface area contributed by atoms with Gasteiger partial charge in [-0.1, -0.05) is 24.4 Å². The number of halogens is 3. The maximum atomic E-state index is 13.6. The van der Waals surface area contributed by atoms with Crippen LogP contribution in [-0.4, -0.2) is 0 Å². The van der Waals surface area contributed by atoms with Crippen LogP contribution in [0, 0.1) is 11.6 Å². The van der Waals surface area contributed by atoms with Crippen LogP contribution < -0.4 is 5.73 Å². The van der Waals surface area contributed by atoms with Gasteiger partial charge in [-0.05, 0) is 25.0 Å². The van der Waals surface area contributed by atoms with Crippen LogP contribution >= 0.6 is 11.6 Å². The smallest absolute Gasteiger partial charge is 0.142 e. The molecule has 0 saturated heterocycles. The number of hydrogen-bond donors (Lipinski definition) is 1. The zero-order valence-corrected chi connectivity index (χ0v) is 8.95. The van der Waals surface area contributed by atoms with E-state index in [9.17, 15) is 8.78 Å². The Bertz CT molecular complexity index is 386. The maximum Gasteiger partial charge on any atom is 0.142 e. The summed E-state index contributed by atoms with van der Waals surface area (Å²) in [5.74, 6) is -1.12. The second-order valence-corrected chi connectivity index (χ2v) is 4.52. The minimum absolute atomic E-state index is 0.196. The van der Waals surface area contributed by atoms with E-state index in [2.05, 4.69) is 0 Å². The van der Waals surface area contributed by atoms with Crippen LogP contribution in [0.15, 0.2) is 12.1 Å². The lowest BCUT2D eigenvalue weighted by molar-refractivity contribution is 0.429. The Morgan fingerprint density at radius 2 is 1.73 bits per heavy atom. The fraction of sp³-hybridized carbons (Fsp3) is 0.455. The third-order valence-electron chi connectivity index (χ3n) is 3.04. The SMILES string of the molecule is NC1(c2cc(F)c(Cl)cc2F)CCCC1. The summed E-state index contributed by atoms with van der Waals surface area (Å²) in [5.41, 5.74) is 5.59. The predicted molar refractivity (Wildman–Crippen MR) is 55.7 cm³/mol. The second kappa shape index (κ2) is 3.72. The van der Waals surface area contributed by atoms with Gasteiger partial charge in [0.1, 0.15) is 11.6 Å². The van der Waals surface area contributed by atoms with Crippen molar-refractivity contribution in [2.75, 3.05) is 0 Å². The van der Waals surface area contributed by atoms with E-state index in [1.807, 2.05) is 0 Å². The lowest BCUT2D eigenvalue weighted by Gasteiger charge is -2.24. The summed E-state index contributed by atoms with van der Waals surface area (Å²) in [6, 6.07) is 2.13. The molecule has 0 atom stereocenters. The van der Waals surface area contributed by atoms with Crippen molar-refractivity contribution >= 4 is 11.6 Å². The third kappa shape index (κ3) is 1.86. The molecular weight excluding hydrogens is 220 g/mol. The molecule has 1 nitrogen and oxygen atoms in total. The normalized spacial score (nSPS) is 19.5. The van der Waals surface area contributed by atoms with E-state index in [1.165, 1.54) is 0 Å². The largest absolute Gasteiger partial charge is 0.321 e. The Morgan fingerprint density at radius 3 is 2.33 bits per heavy atom. The fourth-order valence-electron chi connectivity index (χ4n) is 2.18. The molecule has 2 rings (SSSR count). The molecule has 0 bridgehead atoms. The first-order chi connectivity index (χ1) is 7.03. The van der Waals surface area contributed by atoms with Gasteiger partial charge in [0.15, 0.2) is 0 Å². The maximum absolute atomic E-state index is 13.6. The molecule has 1 aliphatic rings. The number of hydrogen-bond acceptors (Lipinski definition) is 1. The molecule has 1 aromatic carbocycles. The average Bonchev–Trinajstić information content (AvgIpc) is 2.60. The fourth-order valence-corrected chi connectivity index (χ4v) is 2.33. The molecule has 0 radical (unpaired) electrons. The van der Waals surface area contributed by atoms with Crippen LogP contribution in [-0.2, 0) is 5.54 Å². The molecule has 0 aliphatic heterocycles. The Balaban J connectivity index is 2.48. The molecule has 4 heteroatoms. The minimum atomic E-state index is -0.713. The number of rotatable bonds is 1. The Hall–Kier alpha value is -0.670. The zero-order valence-electron chi connectivity index (χ0n) is 8.19. The summed E-state index contributed by atoms with van der Waals surface area (Å²) in [6.45, 7) is 0. The second-order valence-electron chi connectivity index (χ2n) is 4.11.